The number of carboxylic acid groups (broad SMARTS) is 1. The van der Waals surface area contributed by atoms with E-state index in [0.717, 1.165) is 43.3 Å². The van der Waals surface area contributed by atoms with Crippen LogP contribution in [0, 0.1) is 23.2 Å². The Labute approximate surface area is 192 Å². The second kappa shape index (κ2) is 11.8. The number of hydrogen-bond donors (Lipinski definition) is 1. The molecular weight excluding hydrogens is 402 g/mol. The van der Waals surface area contributed by atoms with E-state index in [2.05, 4.69) is 11.0 Å². The van der Waals surface area contributed by atoms with E-state index in [9.17, 15) is 15.2 Å². The molecule has 6 heteroatoms. The SMILES string of the molecule is N#Cc1ccc([C@@H]2O[C@H](CC(=O)[O-])CC[C@H]2N(CC2CCCC2)CC2CCCC2)cc1.[NH4+]. The molecule has 3 fully saturated rings. The van der Waals surface area contributed by atoms with Crippen molar-refractivity contribution in [1.29, 1.82) is 5.26 Å². The maximum Gasteiger partial charge on any atom is 0.0991 e. The molecule has 0 bridgehead atoms. The minimum Gasteiger partial charge on any atom is -0.550 e. The fourth-order valence-corrected chi connectivity index (χ4v) is 6.03. The summed E-state index contributed by atoms with van der Waals surface area (Å²) in [5.41, 5.74) is 1.69. The van der Waals surface area contributed by atoms with Gasteiger partial charge in [0, 0.05) is 31.5 Å². The Kier molecular flexibility index (Phi) is 9.10. The van der Waals surface area contributed by atoms with Gasteiger partial charge < -0.3 is 20.8 Å². The van der Waals surface area contributed by atoms with Gasteiger partial charge in [0.1, 0.15) is 0 Å². The lowest BCUT2D eigenvalue weighted by Crippen LogP contribution is -2.49. The second-order valence-corrected chi connectivity index (χ2v) is 9.89. The van der Waals surface area contributed by atoms with Crippen LogP contribution in [0.25, 0.3) is 0 Å². The number of carboxylic acids is 1. The Morgan fingerprint density at radius 2 is 1.53 bits per heavy atom. The summed E-state index contributed by atoms with van der Waals surface area (Å²) in [6, 6.07) is 10.1. The molecule has 176 valence electrons. The van der Waals surface area contributed by atoms with Crippen molar-refractivity contribution in [3.8, 4) is 6.07 Å². The van der Waals surface area contributed by atoms with Gasteiger partial charge in [0.15, 0.2) is 0 Å². The molecule has 3 atom stereocenters. The molecule has 1 aliphatic heterocycles. The topological polar surface area (TPSA) is 113 Å². The Balaban J connectivity index is 0.00000289. The molecule has 3 aliphatic rings. The summed E-state index contributed by atoms with van der Waals surface area (Å²) in [6.07, 6.45) is 11.9. The van der Waals surface area contributed by atoms with Gasteiger partial charge in [-0.15, -0.1) is 0 Å². The lowest BCUT2D eigenvalue weighted by molar-refractivity contribution is -0.308. The molecule has 6 nitrogen and oxygen atoms in total. The number of ether oxygens (including phenoxy) is 1. The fourth-order valence-electron chi connectivity index (χ4n) is 6.03. The maximum absolute atomic E-state index is 11.2. The van der Waals surface area contributed by atoms with E-state index < -0.39 is 5.97 Å². The summed E-state index contributed by atoms with van der Waals surface area (Å²) in [7, 11) is 0. The van der Waals surface area contributed by atoms with Crippen molar-refractivity contribution < 1.29 is 14.6 Å². The molecule has 0 amide bonds. The normalized spacial score (nSPS) is 26.7. The standard InChI is InChI=1S/C26H36N2O3.H3N/c27-16-19-9-11-22(12-10-19)26-24(14-13-23(31-26)15-25(29)30)28(17-20-5-1-2-6-20)18-21-7-3-4-8-21;/h9-12,20-21,23-24,26H,1-8,13-15,17-18H2,(H,29,30);1H3/t23-,24+,26-;/m0./s1. The van der Waals surface area contributed by atoms with Crippen molar-refractivity contribution in [2.75, 3.05) is 13.1 Å². The molecule has 1 saturated heterocycles. The molecule has 32 heavy (non-hydrogen) atoms. The summed E-state index contributed by atoms with van der Waals surface area (Å²) in [4.78, 5) is 13.9. The molecule has 2 aliphatic carbocycles. The van der Waals surface area contributed by atoms with E-state index in [1.807, 2.05) is 24.3 Å². The largest absolute Gasteiger partial charge is 0.550 e. The number of benzene rings is 1. The molecule has 1 aromatic rings. The number of aliphatic carboxylic acids is 1. The van der Waals surface area contributed by atoms with E-state index in [0.29, 0.717) is 5.56 Å². The Morgan fingerprint density at radius 3 is 2.03 bits per heavy atom. The first-order chi connectivity index (χ1) is 15.1. The van der Waals surface area contributed by atoms with Crippen molar-refractivity contribution in [3.05, 3.63) is 35.4 Å². The molecule has 0 unspecified atom stereocenters. The van der Waals surface area contributed by atoms with Gasteiger partial charge >= 0.3 is 0 Å². The zero-order valence-electron chi connectivity index (χ0n) is 19.5. The van der Waals surface area contributed by atoms with E-state index in [-0.39, 0.29) is 30.8 Å². The van der Waals surface area contributed by atoms with E-state index in [1.165, 1.54) is 51.4 Å². The van der Waals surface area contributed by atoms with Crippen molar-refractivity contribution in [2.45, 2.75) is 88.9 Å². The molecule has 0 aromatic heterocycles. The lowest BCUT2D eigenvalue weighted by Gasteiger charge is -2.44. The minimum atomic E-state index is -1.05. The molecule has 0 radical (unpaired) electrons. The number of rotatable bonds is 8. The predicted octanol–water partition coefficient (Wildman–Crippen LogP) is 4.35. The van der Waals surface area contributed by atoms with Crippen LogP contribution in [0.2, 0.25) is 0 Å². The average Bonchev–Trinajstić information content (AvgIpc) is 3.47. The first-order valence-corrected chi connectivity index (χ1v) is 12.2. The molecule has 1 aromatic carbocycles. The number of nitriles is 1. The van der Waals surface area contributed by atoms with Crippen LogP contribution in [0.4, 0.5) is 0 Å². The van der Waals surface area contributed by atoms with Crippen LogP contribution < -0.4 is 11.3 Å². The quantitative estimate of drug-likeness (QED) is 0.644. The third-order valence-electron chi connectivity index (χ3n) is 7.64. The maximum atomic E-state index is 11.2. The van der Waals surface area contributed by atoms with Gasteiger partial charge in [-0.2, -0.15) is 5.26 Å². The molecule has 4 rings (SSSR count). The van der Waals surface area contributed by atoms with Crippen LogP contribution in [0.3, 0.4) is 0 Å². The highest BCUT2D eigenvalue weighted by Gasteiger charge is 2.38. The van der Waals surface area contributed by atoms with Gasteiger partial charge in [-0.25, -0.2) is 0 Å². The molecule has 4 N–H and O–H groups in total. The highest BCUT2D eigenvalue weighted by Crippen LogP contribution is 2.39. The highest BCUT2D eigenvalue weighted by atomic mass is 16.5. The Morgan fingerprint density at radius 1 is 0.969 bits per heavy atom. The summed E-state index contributed by atoms with van der Waals surface area (Å²) in [6.45, 7) is 2.25. The first kappa shape index (κ1) is 24.7. The fraction of sp³-hybridized carbons (Fsp3) is 0.692. The van der Waals surface area contributed by atoms with E-state index >= 15 is 0 Å². The minimum absolute atomic E-state index is 0. The molecule has 1 heterocycles. The number of carbonyl (C=O) groups excluding carboxylic acids is 1. The predicted molar refractivity (Wildman–Crippen MR) is 123 cm³/mol. The number of quaternary nitrogens is 1. The van der Waals surface area contributed by atoms with Crippen LogP contribution in [-0.2, 0) is 9.53 Å². The van der Waals surface area contributed by atoms with Gasteiger partial charge in [-0.1, -0.05) is 37.8 Å². The second-order valence-electron chi connectivity index (χ2n) is 9.89. The molecule has 2 saturated carbocycles. The summed E-state index contributed by atoms with van der Waals surface area (Å²) in [5.74, 6) is 0.490. The molecular formula is C26H39N3O3. The van der Waals surface area contributed by atoms with Gasteiger partial charge in [0.2, 0.25) is 0 Å². The van der Waals surface area contributed by atoms with Gasteiger partial charge in [-0.05, 0) is 68.1 Å². The Bertz CT molecular complexity index is 746. The van der Waals surface area contributed by atoms with E-state index in [1.54, 1.807) is 0 Å². The van der Waals surface area contributed by atoms with Gasteiger partial charge in [0.25, 0.3) is 0 Å². The van der Waals surface area contributed by atoms with E-state index in [4.69, 9.17) is 4.74 Å². The smallest absolute Gasteiger partial charge is 0.0991 e. The van der Waals surface area contributed by atoms with Crippen molar-refractivity contribution in [3.63, 3.8) is 0 Å². The third-order valence-corrected chi connectivity index (χ3v) is 7.64. The highest BCUT2D eigenvalue weighted by molar-refractivity contribution is 5.64. The van der Waals surface area contributed by atoms with Crippen molar-refractivity contribution in [2.24, 2.45) is 11.8 Å². The van der Waals surface area contributed by atoms with Crippen molar-refractivity contribution >= 4 is 5.97 Å². The van der Waals surface area contributed by atoms with Crippen molar-refractivity contribution in [1.82, 2.24) is 11.1 Å². The molecule has 0 spiro atoms. The number of nitrogens with zero attached hydrogens (tertiary/aromatic N) is 2. The van der Waals surface area contributed by atoms with Crippen LogP contribution >= 0.6 is 0 Å². The monoisotopic (exact) mass is 441 g/mol. The van der Waals surface area contributed by atoms with Gasteiger partial charge in [-0.3, -0.25) is 4.90 Å². The van der Waals surface area contributed by atoms with Crippen LogP contribution in [-0.4, -0.2) is 36.1 Å². The lowest BCUT2D eigenvalue weighted by atomic mass is 9.89. The number of hydrogen-bond acceptors (Lipinski definition) is 5. The zero-order valence-corrected chi connectivity index (χ0v) is 19.5. The van der Waals surface area contributed by atoms with Crippen LogP contribution in [0.1, 0.15) is 87.9 Å². The average molecular weight is 442 g/mol. The summed E-state index contributed by atoms with van der Waals surface area (Å²) in [5, 5.41) is 20.4. The first-order valence-electron chi connectivity index (χ1n) is 12.2. The third kappa shape index (κ3) is 6.31. The number of carbonyl (C=O) groups is 1. The summed E-state index contributed by atoms with van der Waals surface area (Å²) < 4.78 is 6.43. The van der Waals surface area contributed by atoms with Crippen LogP contribution in [0.5, 0.6) is 0 Å². The Hall–Kier alpha value is -1.94. The van der Waals surface area contributed by atoms with Crippen LogP contribution in [0.15, 0.2) is 24.3 Å². The van der Waals surface area contributed by atoms with Gasteiger partial charge in [0.05, 0.1) is 23.8 Å². The summed E-state index contributed by atoms with van der Waals surface area (Å²) >= 11 is 0. The zero-order chi connectivity index (χ0) is 21.6.